The third-order valence-electron chi connectivity index (χ3n) is 5.54. The third-order valence-corrected chi connectivity index (χ3v) is 7.24. The van der Waals surface area contributed by atoms with Gasteiger partial charge < -0.3 is 10.2 Å². The lowest BCUT2D eigenvalue weighted by molar-refractivity contribution is -0.140. The van der Waals surface area contributed by atoms with Crippen LogP contribution in [-0.4, -0.2) is 50.5 Å². The molecule has 10 heteroatoms. The maximum absolute atomic E-state index is 14.2. The average molecular weight is 571 g/mol. The normalized spacial score (nSPS) is 12.1. The van der Waals surface area contributed by atoms with E-state index in [1.807, 2.05) is 31.2 Å². The van der Waals surface area contributed by atoms with E-state index in [4.69, 9.17) is 0 Å². The minimum absolute atomic E-state index is 0.00355. The Kier molecular flexibility index (Phi) is 11.2. The van der Waals surface area contributed by atoms with Gasteiger partial charge in [-0.3, -0.25) is 13.9 Å². The number of unbranched alkanes of at least 4 members (excludes halogenated alkanes) is 1. The largest absolute Gasteiger partial charge is 0.354 e. The SMILES string of the molecule is CCCCNC(=O)[C@H](C)N(Cc1ccc(Br)cc1)C(=O)CCCN(c1ccccc1F)S(C)(=O)=O. The fourth-order valence-corrected chi connectivity index (χ4v) is 4.77. The molecule has 192 valence electrons. The van der Waals surface area contributed by atoms with Crippen LogP contribution in [0.5, 0.6) is 0 Å². The van der Waals surface area contributed by atoms with Crippen LogP contribution in [0, 0.1) is 5.82 Å². The van der Waals surface area contributed by atoms with E-state index in [1.54, 1.807) is 13.0 Å². The van der Waals surface area contributed by atoms with E-state index in [9.17, 15) is 22.4 Å². The van der Waals surface area contributed by atoms with Gasteiger partial charge in [-0.25, -0.2) is 12.8 Å². The summed E-state index contributed by atoms with van der Waals surface area (Å²) in [6.07, 6.45) is 2.96. The maximum atomic E-state index is 14.2. The zero-order chi connectivity index (χ0) is 26.0. The minimum Gasteiger partial charge on any atom is -0.354 e. The van der Waals surface area contributed by atoms with Crippen LogP contribution in [0.1, 0.15) is 45.1 Å². The molecule has 0 saturated heterocycles. The van der Waals surface area contributed by atoms with E-state index in [2.05, 4.69) is 21.2 Å². The molecule has 1 atom stereocenters. The number of para-hydroxylation sites is 1. The number of halogens is 2. The predicted octanol–water partition coefficient (Wildman–Crippen LogP) is 4.47. The Morgan fingerprint density at radius 3 is 2.34 bits per heavy atom. The fourth-order valence-electron chi connectivity index (χ4n) is 3.54. The molecule has 7 nitrogen and oxygen atoms in total. The molecule has 0 aliphatic rings. The van der Waals surface area contributed by atoms with Gasteiger partial charge in [0, 0.05) is 30.5 Å². The second-order valence-electron chi connectivity index (χ2n) is 8.36. The zero-order valence-electron chi connectivity index (χ0n) is 20.3. The van der Waals surface area contributed by atoms with Crippen molar-refractivity contribution in [1.29, 1.82) is 0 Å². The van der Waals surface area contributed by atoms with Crippen molar-refractivity contribution in [3.8, 4) is 0 Å². The molecule has 0 aliphatic carbocycles. The molecule has 0 fully saturated rings. The van der Waals surface area contributed by atoms with Gasteiger partial charge in [0.05, 0.1) is 11.9 Å². The Hall–Kier alpha value is -2.46. The molecule has 2 aromatic carbocycles. The Labute approximate surface area is 215 Å². The second kappa shape index (κ2) is 13.6. The summed E-state index contributed by atoms with van der Waals surface area (Å²) in [4.78, 5) is 27.4. The quantitative estimate of drug-likeness (QED) is 0.360. The highest BCUT2D eigenvalue weighted by Gasteiger charge is 2.27. The van der Waals surface area contributed by atoms with Crippen molar-refractivity contribution in [1.82, 2.24) is 10.2 Å². The number of rotatable bonds is 13. The van der Waals surface area contributed by atoms with Gasteiger partial charge in [0.1, 0.15) is 11.9 Å². The van der Waals surface area contributed by atoms with Crippen LogP contribution in [0.15, 0.2) is 53.0 Å². The molecule has 2 amide bonds. The summed E-state index contributed by atoms with van der Waals surface area (Å²) in [6.45, 7) is 4.42. The summed E-state index contributed by atoms with van der Waals surface area (Å²) < 4.78 is 40.7. The van der Waals surface area contributed by atoms with E-state index in [-0.39, 0.29) is 43.4 Å². The van der Waals surface area contributed by atoms with Crippen LogP contribution in [0.4, 0.5) is 10.1 Å². The second-order valence-corrected chi connectivity index (χ2v) is 11.2. The Balaban J connectivity index is 2.14. The van der Waals surface area contributed by atoms with E-state index >= 15 is 0 Å². The smallest absolute Gasteiger partial charge is 0.242 e. The van der Waals surface area contributed by atoms with Crippen LogP contribution in [0.25, 0.3) is 0 Å². The van der Waals surface area contributed by atoms with Crippen molar-refractivity contribution in [2.75, 3.05) is 23.7 Å². The molecule has 0 spiro atoms. The summed E-state index contributed by atoms with van der Waals surface area (Å²) in [5.74, 6) is -1.18. The lowest BCUT2D eigenvalue weighted by Crippen LogP contribution is -2.48. The maximum Gasteiger partial charge on any atom is 0.242 e. The number of carbonyl (C=O) groups is 2. The topological polar surface area (TPSA) is 86.8 Å². The highest BCUT2D eigenvalue weighted by atomic mass is 79.9. The monoisotopic (exact) mass is 569 g/mol. The molecule has 0 radical (unpaired) electrons. The first-order valence-corrected chi connectivity index (χ1v) is 14.2. The van der Waals surface area contributed by atoms with Gasteiger partial charge in [0.25, 0.3) is 0 Å². The van der Waals surface area contributed by atoms with Gasteiger partial charge in [-0.2, -0.15) is 0 Å². The highest BCUT2D eigenvalue weighted by molar-refractivity contribution is 9.10. The molecular weight excluding hydrogens is 537 g/mol. The molecule has 35 heavy (non-hydrogen) atoms. The van der Waals surface area contributed by atoms with Crippen molar-refractivity contribution < 1.29 is 22.4 Å². The number of hydrogen-bond acceptors (Lipinski definition) is 4. The average Bonchev–Trinajstić information content (AvgIpc) is 2.81. The summed E-state index contributed by atoms with van der Waals surface area (Å²) in [5, 5.41) is 2.87. The number of anilines is 1. The van der Waals surface area contributed by atoms with Crippen molar-refractivity contribution in [3.63, 3.8) is 0 Å². The standard InChI is InChI=1S/C25H33BrFN3O4S/c1-4-5-16-28-25(32)19(2)29(18-20-12-14-21(26)15-13-20)24(31)11-8-17-30(35(3,33)34)23-10-7-6-9-22(23)27/h6-7,9-10,12-15,19H,4-5,8,11,16-18H2,1-3H3,(H,28,32)/t19-/m0/s1. The Morgan fingerprint density at radius 2 is 1.74 bits per heavy atom. The molecule has 0 unspecified atom stereocenters. The van der Waals surface area contributed by atoms with Crippen molar-refractivity contribution in [2.45, 2.75) is 52.1 Å². The van der Waals surface area contributed by atoms with Crippen molar-refractivity contribution in [3.05, 3.63) is 64.4 Å². The first-order chi connectivity index (χ1) is 16.5. The van der Waals surface area contributed by atoms with E-state index < -0.39 is 21.9 Å². The number of benzene rings is 2. The van der Waals surface area contributed by atoms with Crippen LogP contribution in [0.3, 0.4) is 0 Å². The Bertz CT molecular complexity index is 1100. The molecule has 2 aromatic rings. The fraction of sp³-hybridized carbons (Fsp3) is 0.440. The number of nitrogens with zero attached hydrogens (tertiary/aromatic N) is 2. The molecule has 1 N–H and O–H groups in total. The van der Waals surface area contributed by atoms with Gasteiger partial charge in [-0.1, -0.05) is 53.5 Å². The predicted molar refractivity (Wildman–Crippen MR) is 140 cm³/mol. The number of sulfonamides is 1. The molecule has 0 aliphatic heterocycles. The third kappa shape index (κ3) is 8.92. The molecule has 0 bridgehead atoms. The van der Waals surface area contributed by atoms with Crippen molar-refractivity contribution >= 4 is 43.5 Å². The van der Waals surface area contributed by atoms with Gasteiger partial charge in [-0.15, -0.1) is 0 Å². The molecule has 2 rings (SSSR count). The highest BCUT2D eigenvalue weighted by Crippen LogP contribution is 2.22. The molecular formula is C25H33BrFN3O4S. The van der Waals surface area contributed by atoms with Gasteiger partial charge in [0.2, 0.25) is 21.8 Å². The molecule has 0 saturated carbocycles. The van der Waals surface area contributed by atoms with Gasteiger partial charge in [0.15, 0.2) is 0 Å². The molecule has 0 aromatic heterocycles. The first-order valence-electron chi connectivity index (χ1n) is 11.6. The number of amides is 2. The van der Waals surface area contributed by atoms with E-state index in [0.29, 0.717) is 6.54 Å². The van der Waals surface area contributed by atoms with E-state index in [0.717, 1.165) is 33.4 Å². The van der Waals surface area contributed by atoms with Gasteiger partial charge >= 0.3 is 0 Å². The number of nitrogens with one attached hydrogen (secondary N) is 1. The summed E-state index contributed by atoms with van der Waals surface area (Å²) in [6, 6.07) is 12.4. The summed E-state index contributed by atoms with van der Waals surface area (Å²) in [7, 11) is -3.75. The summed E-state index contributed by atoms with van der Waals surface area (Å²) >= 11 is 3.39. The van der Waals surface area contributed by atoms with E-state index in [1.165, 1.54) is 23.1 Å². The van der Waals surface area contributed by atoms with Crippen LogP contribution >= 0.6 is 15.9 Å². The zero-order valence-corrected chi connectivity index (χ0v) is 22.7. The van der Waals surface area contributed by atoms with Crippen LogP contribution < -0.4 is 9.62 Å². The number of carbonyl (C=O) groups excluding carboxylic acids is 2. The molecule has 0 heterocycles. The van der Waals surface area contributed by atoms with Crippen LogP contribution in [-0.2, 0) is 26.2 Å². The lowest BCUT2D eigenvalue weighted by atomic mass is 10.1. The minimum atomic E-state index is -3.75. The number of hydrogen-bond donors (Lipinski definition) is 1. The Morgan fingerprint density at radius 1 is 1.09 bits per heavy atom. The van der Waals surface area contributed by atoms with Crippen molar-refractivity contribution in [2.24, 2.45) is 0 Å². The van der Waals surface area contributed by atoms with Crippen LogP contribution in [0.2, 0.25) is 0 Å². The van der Waals surface area contributed by atoms with Gasteiger partial charge in [-0.05, 0) is 49.6 Å². The first kappa shape index (κ1) is 28.8. The summed E-state index contributed by atoms with van der Waals surface area (Å²) in [5.41, 5.74) is 0.803. The lowest BCUT2D eigenvalue weighted by Gasteiger charge is -2.29.